The highest BCUT2D eigenvalue weighted by molar-refractivity contribution is 5.35. The summed E-state index contributed by atoms with van der Waals surface area (Å²) in [5.74, 6) is 1.30. The molecule has 3 N–H and O–H groups in total. The van der Waals surface area contributed by atoms with Gasteiger partial charge in [-0.25, -0.2) is 4.98 Å². The summed E-state index contributed by atoms with van der Waals surface area (Å²) in [5.41, 5.74) is 5.54. The van der Waals surface area contributed by atoms with Crippen LogP contribution in [0.3, 0.4) is 0 Å². The molecule has 0 radical (unpaired) electrons. The van der Waals surface area contributed by atoms with Crippen molar-refractivity contribution in [3.63, 3.8) is 0 Å². The summed E-state index contributed by atoms with van der Waals surface area (Å²) in [6, 6.07) is 4.06. The molecule has 0 bridgehead atoms. The van der Waals surface area contributed by atoms with Crippen LogP contribution in [0, 0.1) is 0 Å². The largest absolute Gasteiger partial charge is 0.492 e. The molecule has 0 aliphatic carbocycles. The van der Waals surface area contributed by atoms with E-state index in [0.29, 0.717) is 18.5 Å². The molecule has 0 aromatic carbocycles. The number of nitrogens with one attached hydrogen (secondary N) is 1. The molecule has 1 aliphatic rings. The second-order valence-corrected chi connectivity index (χ2v) is 3.52. The van der Waals surface area contributed by atoms with Crippen LogP contribution >= 0.6 is 0 Å². The van der Waals surface area contributed by atoms with Crippen LogP contribution < -0.4 is 15.8 Å². The van der Waals surface area contributed by atoms with Crippen LogP contribution in [0.5, 0.6) is 5.75 Å². The zero-order valence-corrected chi connectivity index (χ0v) is 8.07. The first kappa shape index (κ1) is 9.27. The van der Waals surface area contributed by atoms with Gasteiger partial charge < -0.3 is 15.8 Å². The molecule has 1 aromatic heterocycles. The lowest BCUT2D eigenvalue weighted by Crippen LogP contribution is -2.28. The molecular weight excluding hydrogens is 178 g/mol. The van der Waals surface area contributed by atoms with Crippen molar-refractivity contribution in [1.29, 1.82) is 0 Å². The molecule has 76 valence electrons. The highest BCUT2D eigenvalue weighted by Crippen LogP contribution is 2.13. The molecule has 0 unspecified atom stereocenters. The first-order chi connectivity index (χ1) is 6.84. The SMILES string of the molecule is Nc1cc(OC[C@@H]2CCCN2)ccn1. The number of nitrogens with two attached hydrogens (primary N) is 1. The van der Waals surface area contributed by atoms with Crippen molar-refractivity contribution in [2.45, 2.75) is 18.9 Å². The predicted molar refractivity (Wildman–Crippen MR) is 55.2 cm³/mol. The topological polar surface area (TPSA) is 60.2 Å². The molecule has 14 heavy (non-hydrogen) atoms. The van der Waals surface area contributed by atoms with E-state index < -0.39 is 0 Å². The average molecular weight is 193 g/mol. The van der Waals surface area contributed by atoms with E-state index in [-0.39, 0.29) is 0 Å². The lowest BCUT2D eigenvalue weighted by atomic mass is 10.2. The van der Waals surface area contributed by atoms with Gasteiger partial charge in [-0.15, -0.1) is 0 Å². The van der Waals surface area contributed by atoms with Gasteiger partial charge in [0.2, 0.25) is 0 Å². The molecule has 1 saturated heterocycles. The molecule has 0 saturated carbocycles. The molecule has 0 spiro atoms. The number of rotatable bonds is 3. The standard InChI is InChI=1S/C10H15N3O/c11-10-6-9(3-5-13-10)14-7-8-2-1-4-12-8/h3,5-6,8,12H,1-2,4,7H2,(H2,11,13)/t8-/m0/s1. The molecular formula is C10H15N3O. The second kappa shape index (κ2) is 4.28. The minimum Gasteiger partial charge on any atom is -0.492 e. The predicted octanol–water partition coefficient (Wildman–Crippen LogP) is 0.795. The molecule has 0 amide bonds. The monoisotopic (exact) mass is 193 g/mol. The van der Waals surface area contributed by atoms with Crippen LogP contribution in [0.4, 0.5) is 5.82 Å². The zero-order chi connectivity index (χ0) is 9.80. The lowest BCUT2D eigenvalue weighted by molar-refractivity contribution is 0.277. The van der Waals surface area contributed by atoms with Crippen LogP contribution in [0.25, 0.3) is 0 Å². The van der Waals surface area contributed by atoms with Crippen LogP contribution in [0.2, 0.25) is 0 Å². The molecule has 1 atom stereocenters. The van der Waals surface area contributed by atoms with Gasteiger partial charge in [0.25, 0.3) is 0 Å². The summed E-state index contributed by atoms with van der Waals surface area (Å²) in [6.07, 6.45) is 4.10. The molecule has 1 aromatic rings. The number of anilines is 1. The third-order valence-corrected chi connectivity index (χ3v) is 2.37. The Kier molecular flexibility index (Phi) is 2.84. The summed E-state index contributed by atoms with van der Waals surface area (Å²) in [5, 5.41) is 3.37. The number of ether oxygens (including phenoxy) is 1. The van der Waals surface area contributed by atoms with E-state index in [2.05, 4.69) is 10.3 Å². The van der Waals surface area contributed by atoms with E-state index in [0.717, 1.165) is 12.3 Å². The zero-order valence-electron chi connectivity index (χ0n) is 8.07. The highest BCUT2D eigenvalue weighted by Gasteiger charge is 2.14. The smallest absolute Gasteiger partial charge is 0.126 e. The summed E-state index contributed by atoms with van der Waals surface area (Å²) in [4.78, 5) is 3.90. The normalized spacial score (nSPS) is 21.0. The second-order valence-electron chi connectivity index (χ2n) is 3.52. The van der Waals surface area contributed by atoms with Gasteiger partial charge in [-0.1, -0.05) is 0 Å². The van der Waals surface area contributed by atoms with Gasteiger partial charge in [0.1, 0.15) is 18.2 Å². The summed E-state index contributed by atoms with van der Waals surface area (Å²) < 4.78 is 5.59. The van der Waals surface area contributed by atoms with Crippen LogP contribution in [0.1, 0.15) is 12.8 Å². The Morgan fingerprint density at radius 2 is 2.57 bits per heavy atom. The maximum absolute atomic E-state index is 5.59. The first-order valence-corrected chi connectivity index (χ1v) is 4.92. The van der Waals surface area contributed by atoms with Gasteiger partial charge in [0, 0.05) is 18.3 Å². The maximum atomic E-state index is 5.59. The fraction of sp³-hybridized carbons (Fsp3) is 0.500. The average Bonchev–Trinajstić information content (AvgIpc) is 2.67. The van der Waals surface area contributed by atoms with Gasteiger partial charge in [-0.3, -0.25) is 0 Å². The van der Waals surface area contributed by atoms with E-state index >= 15 is 0 Å². The lowest BCUT2D eigenvalue weighted by Gasteiger charge is -2.11. The third kappa shape index (κ3) is 2.35. The quantitative estimate of drug-likeness (QED) is 0.745. The number of nitrogens with zero attached hydrogens (tertiary/aromatic N) is 1. The number of nitrogen functional groups attached to an aromatic ring is 1. The molecule has 4 nitrogen and oxygen atoms in total. The van der Waals surface area contributed by atoms with Gasteiger partial charge in [0.15, 0.2) is 0 Å². The number of pyridine rings is 1. The van der Waals surface area contributed by atoms with Crippen LogP contribution in [0.15, 0.2) is 18.3 Å². The molecule has 2 rings (SSSR count). The van der Waals surface area contributed by atoms with Gasteiger partial charge in [-0.2, -0.15) is 0 Å². The van der Waals surface area contributed by atoms with Crippen molar-refractivity contribution >= 4 is 5.82 Å². The van der Waals surface area contributed by atoms with E-state index in [9.17, 15) is 0 Å². The van der Waals surface area contributed by atoms with Crippen molar-refractivity contribution in [2.24, 2.45) is 0 Å². The Morgan fingerprint density at radius 1 is 1.64 bits per heavy atom. The molecule has 4 heteroatoms. The summed E-state index contributed by atoms with van der Waals surface area (Å²) >= 11 is 0. The first-order valence-electron chi connectivity index (χ1n) is 4.92. The minimum absolute atomic E-state index is 0.490. The van der Waals surface area contributed by atoms with E-state index in [1.54, 1.807) is 12.3 Å². The highest BCUT2D eigenvalue weighted by atomic mass is 16.5. The van der Waals surface area contributed by atoms with E-state index in [1.807, 2.05) is 6.07 Å². The van der Waals surface area contributed by atoms with Crippen molar-refractivity contribution in [3.05, 3.63) is 18.3 Å². The van der Waals surface area contributed by atoms with Crippen molar-refractivity contribution in [1.82, 2.24) is 10.3 Å². The third-order valence-electron chi connectivity index (χ3n) is 2.37. The Balaban J connectivity index is 1.85. The Morgan fingerprint density at radius 3 is 3.29 bits per heavy atom. The van der Waals surface area contributed by atoms with Gasteiger partial charge in [0.05, 0.1) is 0 Å². The number of hydrogen-bond acceptors (Lipinski definition) is 4. The Hall–Kier alpha value is -1.29. The Labute approximate surface area is 83.5 Å². The van der Waals surface area contributed by atoms with E-state index in [4.69, 9.17) is 10.5 Å². The minimum atomic E-state index is 0.490. The van der Waals surface area contributed by atoms with Gasteiger partial charge in [-0.05, 0) is 25.5 Å². The molecule has 1 aliphatic heterocycles. The fourth-order valence-corrected chi connectivity index (χ4v) is 1.61. The van der Waals surface area contributed by atoms with Crippen LogP contribution in [-0.2, 0) is 0 Å². The fourth-order valence-electron chi connectivity index (χ4n) is 1.61. The number of aromatic nitrogens is 1. The summed E-state index contributed by atoms with van der Waals surface area (Å²) in [7, 11) is 0. The van der Waals surface area contributed by atoms with Gasteiger partial charge >= 0.3 is 0 Å². The number of hydrogen-bond donors (Lipinski definition) is 2. The Bertz CT molecular complexity index is 297. The summed E-state index contributed by atoms with van der Waals surface area (Å²) in [6.45, 7) is 1.82. The molecule has 1 fully saturated rings. The molecule has 2 heterocycles. The van der Waals surface area contributed by atoms with Crippen molar-refractivity contribution < 1.29 is 4.74 Å². The van der Waals surface area contributed by atoms with E-state index in [1.165, 1.54) is 12.8 Å². The van der Waals surface area contributed by atoms with Crippen LogP contribution in [-0.4, -0.2) is 24.2 Å². The maximum Gasteiger partial charge on any atom is 0.126 e. The van der Waals surface area contributed by atoms with Crippen molar-refractivity contribution in [2.75, 3.05) is 18.9 Å². The van der Waals surface area contributed by atoms with Crippen molar-refractivity contribution in [3.8, 4) is 5.75 Å².